The van der Waals surface area contributed by atoms with Crippen LogP contribution in [-0.4, -0.2) is 15.0 Å². The predicted molar refractivity (Wildman–Crippen MR) is 250 cm³/mol. The molecular weight excluding hydrogens is 727 g/mol. The van der Waals surface area contributed by atoms with E-state index < -0.39 is 0 Å². The summed E-state index contributed by atoms with van der Waals surface area (Å²) in [6, 6.07) is 79.2. The molecule has 11 rings (SSSR count). The maximum Gasteiger partial charge on any atom is 0.160 e. The van der Waals surface area contributed by atoms with Crippen molar-refractivity contribution in [3.05, 3.63) is 224 Å². The minimum absolute atomic E-state index is 0.671. The summed E-state index contributed by atoms with van der Waals surface area (Å²) in [5.41, 5.74) is 14.2. The lowest BCUT2D eigenvalue weighted by atomic mass is 9.90. The SMILES string of the molecule is c1ccc(-c2cccc(-c3nc(-c4ccccc4)nc(-c4cccc(-c5ccccc5)c4)c3-c3cccc(-c4nc5ccccc5c5c4ccc4ccccc45)c3)c2)cc1. The second kappa shape index (κ2) is 15.1. The van der Waals surface area contributed by atoms with Gasteiger partial charge in [0.05, 0.1) is 22.6 Å². The molecule has 0 N–H and O–H groups in total. The van der Waals surface area contributed by atoms with Crippen LogP contribution in [0.15, 0.2) is 224 Å². The third-order valence-corrected chi connectivity index (χ3v) is 11.4. The average molecular weight is 764 g/mol. The van der Waals surface area contributed by atoms with Gasteiger partial charge in [-0.15, -0.1) is 0 Å². The van der Waals surface area contributed by atoms with Gasteiger partial charge in [-0.3, -0.25) is 0 Å². The molecule has 3 nitrogen and oxygen atoms in total. The van der Waals surface area contributed by atoms with Crippen molar-refractivity contribution in [2.45, 2.75) is 0 Å². The predicted octanol–water partition coefficient (Wildman–Crippen LogP) is 15.0. The van der Waals surface area contributed by atoms with E-state index >= 15 is 0 Å². The monoisotopic (exact) mass is 763 g/mol. The van der Waals surface area contributed by atoms with Crippen molar-refractivity contribution in [1.82, 2.24) is 15.0 Å². The van der Waals surface area contributed by atoms with E-state index in [1.165, 1.54) is 16.2 Å². The van der Waals surface area contributed by atoms with Crippen LogP contribution in [0.5, 0.6) is 0 Å². The van der Waals surface area contributed by atoms with Crippen molar-refractivity contribution in [2.75, 3.05) is 0 Å². The van der Waals surface area contributed by atoms with Gasteiger partial charge in [-0.05, 0) is 62.9 Å². The van der Waals surface area contributed by atoms with Crippen molar-refractivity contribution < 1.29 is 0 Å². The van der Waals surface area contributed by atoms with Crippen molar-refractivity contribution >= 4 is 32.4 Å². The van der Waals surface area contributed by atoms with Gasteiger partial charge in [-0.1, -0.05) is 200 Å². The molecule has 0 aliphatic carbocycles. The first-order chi connectivity index (χ1) is 29.7. The molecule has 0 radical (unpaired) electrons. The Bertz CT molecular complexity index is 3240. The molecule has 2 aromatic heterocycles. The fraction of sp³-hybridized carbons (Fsp3) is 0. The average Bonchev–Trinajstić information content (AvgIpc) is 3.34. The van der Waals surface area contributed by atoms with Gasteiger partial charge in [0.1, 0.15) is 0 Å². The maximum absolute atomic E-state index is 5.49. The van der Waals surface area contributed by atoms with Gasteiger partial charge < -0.3 is 0 Å². The standard InChI is InChI=1S/C57H37N3/c1-4-17-38(18-5-1)42-24-14-28-46(35-42)55-52(56(60-57(59-55)41-22-8-3-9-23-41)47-29-15-25-43(36-47)39-19-6-2-7-20-39)44-26-16-27-45(37-44)54-50-34-33-40-21-10-11-30-48(40)53(50)49-31-12-13-32-51(49)58-54/h1-37H. The minimum atomic E-state index is 0.671. The molecule has 3 heteroatoms. The van der Waals surface area contributed by atoms with Crippen LogP contribution in [0.2, 0.25) is 0 Å². The third-order valence-electron chi connectivity index (χ3n) is 11.4. The van der Waals surface area contributed by atoms with E-state index in [1.807, 2.05) is 18.2 Å². The van der Waals surface area contributed by atoms with E-state index in [4.69, 9.17) is 15.0 Å². The number of pyridine rings is 1. The highest BCUT2D eigenvalue weighted by molar-refractivity contribution is 6.22. The first-order valence-electron chi connectivity index (χ1n) is 20.4. The molecule has 0 aliphatic rings. The van der Waals surface area contributed by atoms with Crippen LogP contribution in [0.3, 0.4) is 0 Å². The topological polar surface area (TPSA) is 38.7 Å². The molecule has 60 heavy (non-hydrogen) atoms. The highest BCUT2D eigenvalue weighted by Crippen LogP contribution is 2.44. The van der Waals surface area contributed by atoms with Gasteiger partial charge in [0.15, 0.2) is 5.82 Å². The zero-order chi connectivity index (χ0) is 39.8. The second-order valence-electron chi connectivity index (χ2n) is 15.1. The van der Waals surface area contributed by atoms with E-state index in [0.717, 1.165) is 89.0 Å². The Morgan fingerprint density at radius 1 is 0.250 bits per heavy atom. The Kier molecular flexibility index (Phi) is 8.83. The smallest absolute Gasteiger partial charge is 0.160 e. The second-order valence-corrected chi connectivity index (χ2v) is 15.1. The van der Waals surface area contributed by atoms with Gasteiger partial charge in [-0.2, -0.15) is 0 Å². The molecule has 9 aromatic carbocycles. The molecule has 0 saturated carbocycles. The largest absolute Gasteiger partial charge is 0.247 e. The van der Waals surface area contributed by atoms with Gasteiger partial charge in [0.25, 0.3) is 0 Å². The molecule has 0 unspecified atom stereocenters. The quantitative estimate of drug-likeness (QED) is 0.152. The summed E-state index contributed by atoms with van der Waals surface area (Å²) in [5.74, 6) is 0.671. The minimum Gasteiger partial charge on any atom is -0.247 e. The Morgan fingerprint density at radius 3 is 1.32 bits per heavy atom. The number of benzene rings is 9. The Hall–Kier alpha value is -8.01. The molecule has 0 bridgehead atoms. The first-order valence-corrected chi connectivity index (χ1v) is 20.4. The van der Waals surface area contributed by atoms with E-state index in [0.29, 0.717) is 5.82 Å². The normalized spacial score (nSPS) is 11.3. The molecule has 2 heterocycles. The lowest BCUT2D eigenvalue weighted by Gasteiger charge is -2.19. The lowest BCUT2D eigenvalue weighted by Crippen LogP contribution is -2.01. The molecular formula is C57H37N3. The molecule has 0 spiro atoms. The van der Waals surface area contributed by atoms with E-state index in [-0.39, 0.29) is 0 Å². The number of fused-ring (bicyclic) bond motifs is 5. The first kappa shape index (κ1) is 35.2. The van der Waals surface area contributed by atoms with Crippen LogP contribution in [-0.2, 0) is 0 Å². The van der Waals surface area contributed by atoms with Crippen molar-refractivity contribution in [3.63, 3.8) is 0 Å². The summed E-state index contributed by atoms with van der Waals surface area (Å²) >= 11 is 0. The van der Waals surface area contributed by atoms with E-state index in [1.54, 1.807) is 0 Å². The molecule has 280 valence electrons. The summed E-state index contributed by atoms with van der Waals surface area (Å²) in [6.07, 6.45) is 0. The summed E-state index contributed by atoms with van der Waals surface area (Å²) in [5, 5.41) is 5.91. The molecule has 0 fully saturated rings. The Morgan fingerprint density at radius 2 is 0.700 bits per heavy atom. The fourth-order valence-electron chi connectivity index (χ4n) is 8.59. The molecule has 11 aromatic rings. The van der Waals surface area contributed by atoms with Crippen LogP contribution in [0.1, 0.15) is 0 Å². The van der Waals surface area contributed by atoms with Crippen molar-refractivity contribution in [1.29, 1.82) is 0 Å². The summed E-state index contributed by atoms with van der Waals surface area (Å²) in [6.45, 7) is 0. The molecule has 0 aliphatic heterocycles. The lowest BCUT2D eigenvalue weighted by molar-refractivity contribution is 1.18. The van der Waals surface area contributed by atoms with Crippen molar-refractivity contribution in [3.8, 4) is 78.5 Å². The number of rotatable bonds is 7. The van der Waals surface area contributed by atoms with Gasteiger partial charge in [0.2, 0.25) is 0 Å². The number of aromatic nitrogens is 3. The fourth-order valence-corrected chi connectivity index (χ4v) is 8.59. The summed E-state index contributed by atoms with van der Waals surface area (Å²) in [7, 11) is 0. The number of hydrogen-bond donors (Lipinski definition) is 0. The summed E-state index contributed by atoms with van der Waals surface area (Å²) in [4.78, 5) is 16.4. The molecule has 0 saturated heterocycles. The number of hydrogen-bond acceptors (Lipinski definition) is 3. The van der Waals surface area contributed by atoms with E-state index in [9.17, 15) is 0 Å². The molecule has 0 atom stereocenters. The Balaban J connectivity index is 1.20. The zero-order valence-corrected chi connectivity index (χ0v) is 32.7. The van der Waals surface area contributed by atoms with Crippen LogP contribution in [0.4, 0.5) is 0 Å². The Labute approximate surface area is 349 Å². The summed E-state index contributed by atoms with van der Waals surface area (Å²) < 4.78 is 0. The highest BCUT2D eigenvalue weighted by atomic mass is 14.9. The van der Waals surface area contributed by atoms with Crippen molar-refractivity contribution in [2.24, 2.45) is 0 Å². The zero-order valence-electron chi connectivity index (χ0n) is 32.7. The molecule has 0 amide bonds. The maximum atomic E-state index is 5.49. The third kappa shape index (κ3) is 6.39. The van der Waals surface area contributed by atoms with Gasteiger partial charge in [-0.25, -0.2) is 15.0 Å². The van der Waals surface area contributed by atoms with Crippen LogP contribution in [0, 0.1) is 0 Å². The van der Waals surface area contributed by atoms with Gasteiger partial charge >= 0.3 is 0 Å². The van der Waals surface area contributed by atoms with E-state index in [2.05, 4.69) is 206 Å². The number of nitrogens with zero attached hydrogens (tertiary/aromatic N) is 3. The van der Waals surface area contributed by atoms with Crippen LogP contribution < -0.4 is 0 Å². The number of para-hydroxylation sites is 1. The van der Waals surface area contributed by atoms with Crippen LogP contribution in [0.25, 0.3) is 111 Å². The van der Waals surface area contributed by atoms with Gasteiger partial charge in [0, 0.05) is 44.0 Å². The van der Waals surface area contributed by atoms with Crippen LogP contribution >= 0.6 is 0 Å². The highest BCUT2D eigenvalue weighted by Gasteiger charge is 2.22.